The van der Waals surface area contributed by atoms with E-state index in [9.17, 15) is 4.79 Å². The van der Waals surface area contributed by atoms with Crippen LogP contribution >= 0.6 is 31.9 Å². The van der Waals surface area contributed by atoms with Crippen LogP contribution in [0.25, 0.3) is 11.0 Å². The number of ether oxygens (including phenoxy) is 2. The summed E-state index contributed by atoms with van der Waals surface area (Å²) in [6.07, 6.45) is 1.10. The van der Waals surface area contributed by atoms with Crippen molar-refractivity contribution in [1.82, 2.24) is 9.55 Å². The van der Waals surface area contributed by atoms with Crippen molar-refractivity contribution < 1.29 is 14.3 Å². The third kappa shape index (κ3) is 1.91. The first-order valence-electron chi connectivity index (χ1n) is 5.01. The summed E-state index contributed by atoms with van der Waals surface area (Å²) in [5.41, 5.74) is 1.23. The number of nitrogens with zero attached hydrogens (tertiary/aromatic N) is 2. The molecule has 0 aliphatic heterocycles. The van der Waals surface area contributed by atoms with Gasteiger partial charge in [0.1, 0.15) is 5.75 Å². The number of carbonyl (C=O) groups is 1. The molecule has 0 saturated heterocycles. The number of hydrogen-bond donors (Lipinski definition) is 0. The maximum atomic E-state index is 11.8. The highest BCUT2D eigenvalue weighted by Crippen LogP contribution is 2.37. The van der Waals surface area contributed by atoms with Crippen molar-refractivity contribution in [3.05, 3.63) is 22.4 Å². The van der Waals surface area contributed by atoms with E-state index in [0.29, 0.717) is 16.7 Å². The summed E-state index contributed by atoms with van der Waals surface area (Å²) in [5.74, 6) is 0.650. The zero-order valence-corrected chi connectivity index (χ0v) is 12.9. The van der Waals surface area contributed by atoms with Gasteiger partial charge >= 0.3 is 6.09 Å². The Morgan fingerprint density at radius 2 is 2.22 bits per heavy atom. The molecule has 0 saturated carbocycles. The summed E-state index contributed by atoms with van der Waals surface area (Å²) in [4.78, 5) is 16.1. The number of hydrogen-bond acceptors (Lipinski definition) is 4. The molecule has 2 heterocycles. The molecule has 2 aromatic heterocycles. The van der Waals surface area contributed by atoms with Gasteiger partial charge in [-0.2, -0.15) is 0 Å². The molecule has 0 bridgehead atoms. The largest absolute Gasteiger partial charge is 0.496 e. The average molecular weight is 378 g/mol. The number of alkyl halides is 1. The average Bonchev–Trinajstić information content (AvgIpc) is 2.70. The molecule has 0 atom stereocenters. The predicted octanol–water partition coefficient (Wildman–Crippen LogP) is 3.32. The number of fused-ring (bicyclic) bond motifs is 1. The molecule has 7 heteroatoms. The van der Waals surface area contributed by atoms with E-state index in [0.717, 1.165) is 15.6 Å². The molecule has 2 aromatic rings. The molecule has 2 rings (SSSR count). The van der Waals surface area contributed by atoms with Crippen LogP contribution in [-0.4, -0.2) is 29.9 Å². The number of halogens is 2. The molecule has 18 heavy (non-hydrogen) atoms. The first-order chi connectivity index (χ1) is 8.65. The zero-order chi connectivity index (χ0) is 13.3. The fraction of sp³-hybridized carbons (Fsp3) is 0.273. The SMILES string of the molecule is COC(=O)n1c(CBr)c(Br)c2c(OC)ccnc21. The van der Waals surface area contributed by atoms with Gasteiger partial charge in [0.15, 0.2) is 5.65 Å². The molecule has 5 nitrogen and oxygen atoms in total. The van der Waals surface area contributed by atoms with E-state index in [1.807, 2.05) is 0 Å². The van der Waals surface area contributed by atoms with E-state index in [1.165, 1.54) is 11.7 Å². The lowest BCUT2D eigenvalue weighted by atomic mass is 10.3. The molecular weight excluding hydrogens is 368 g/mol. The summed E-state index contributed by atoms with van der Waals surface area (Å²) in [5, 5.41) is 1.24. The summed E-state index contributed by atoms with van der Waals surface area (Å²) in [6.45, 7) is 0. The second kappa shape index (κ2) is 5.27. The van der Waals surface area contributed by atoms with Gasteiger partial charge in [0, 0.05) is 11.5 Å². The number of pyridine rings is 1. The first kappa shape index (κ1) is 13.4. The lowest BCUT2D eigenvalue weighted by molar-refractivity contribution is 0.173. The molecule has 0 amide bonds. The van der Waals surface area contributed by atoms with E-state index in [2.05, 4.69) is 36.8 Å². The highest BCUT2D eigenvalue weighted by molar-refractivity contribution is 9.11. The van der Waals surface area contributed by atoms with Gasteiger partial charge in [0.25, 0.3) is 0 Å². The van der Waals surface area contributed by atoms with Gasteiger partial charge in [-0.25, -0.2) is 14.3 Å². The van der Waals surface area contributed by atoms with Crippen molar-refractivity contribution in [3.63, 3.8) is 0 Å². The third-order valence-electron chi connectivity index (χ3n) is 2.55. The van der Waals surface area contributed by atoms with Crippen LogP contribution in [0, 0.1) is 0 Å². The van der Waals surface area contributed by atoms with Crippen molar-refractivity contribution in [3.8, 4) is 5.75 Å². The lowest BCUT2D eigenvalue weighted by Crippen LogP contribution is -2.14. The number of aromatic nitrogens is 2. The maximum absolute atomic E-state index is 11.8. The van der Waals surface area contributed by atoms with Gasteiger partial charge < -0.3 is 9.47 Å². The van der Waals surface area contributed by atoms with Crippen molar-refractivity contribution in [1.29, 1.82) is 0 Å². The quantitative estimate of drug-likeness (QED) is 0.753. The molecule has 0 unspecified atom stereocenters. The van der Waals surface area contributed by atoms with Crippen LogP contribution < -0.4 is 4.74 Å². The van der Waals surface area contributed by atoms with Crippen LogP contribution in [0.2, 0.25) is 0 Å². The van der Waals surface area contributed by atoms with Gasteiger partial charge in [-0.05, 0) is 22.0 Å². The minimum atomic E-state index is -0.485. The van der Waals surface area contributed by atoms with Gasteiger partial charge in [0.2, 0.25) is 0 Å². The summed E-state index contributed by atoms with van der Waals surface area (Å²) in [7, 11) is 2.91. The van der Waals surface area contributed by atoms with E-state index in [4.69, 9.17) is 9.47 Å². The van der Waals surface area contributed by atoms with Crippen LogP contribution in [0.4, 0.5) is 4.79 Å². The smallest absolute Gasteiger partial charge is 0.419 e. The standard InChI is InChI=1S/C11H10Br2N2O3/c1-17-7-3-4-14-10-8(7)9(13)6(5-12)15(10)11(16)18-2/h3-4H,5H2,1-2H3. The lowest BCUT2D eigenvalue weighted by Gasteiger charge is -2.05. The predicted molar refractivity (Wildman–Crippen MR) is 74.4 cm³/mol. The number of methoxy groups -OCH3 is 2. The molecule has 0 aliphatic carbocycles. The second-order valence-corrected chi connectivity index (χ2v) is 4.77. The molecule has 0 aromatic carbocycles. The highest BCUT2D eigenvalue weighted by Gasteiger charge is 2.23. The Kier molecular flexibility index (Phi) is 3.91. The van der Waals surface area contributed by atoms with Crippen LogP contribution in [0.1, 0.15) is 5.69 Å². The van der Waals surface area contributed by atoms with Crippen molar-refractivity contribution in [2.45, 2.75) is 5.33 Å². The molecule has 0 radical (unpaired) electrons. The van der Waals surface area contributed by atoms with Crippen molar-refractivity contribution >= 4 is 49.0 Å². The molecule has 0 aliphatic rings. The topological polar surface area (TPSA) is 53.4 Å². The van der Waals surface area contributed by atoms with Crippen molar-refractivity contribution in [2.75, 3.05) is 14.2 Å². The Balaban J connectivity index is 2.88. The summed E-state index contributed by atoms with van der Waals surface area (Å²) in [6, 6.07) is 1.74. The Morgan fingerprint density at radius 1 is 1.50 bits per heavy atom. The first-order valence-corrected chi connectivity index (χ1v) is 6.93. The van der Waals surface area contributed by atoms with Gasteiger partial charge in [-0.3, -0.25) is 0 Å². The number of carbonyl (C=O) groups excluding carboxylic acids is 1. The Morgan fingerprint density at radius 3 is 2.78 bits per heavy atom. The number of rotatable bonds is 2. The molecular formula is C11H10Br2N2O3. The Bertz CT molecular complexity index is 610. The van der Waals surface area contributed by atoms with E-state index >= 15 is 0 Å². The molecule has 0 N–H and O–H groups in total. The van der Waals surface area contributed by atoms with E-state index < -0.39 is 6.09 Å². The second-order valence-electron chi connectivity index (χ2n) is 3.41. The minimum absolute atomic E-state index is 0.485. The van der Waals surface area contributed by atoms with Gasteiger partial charge in [-0.1, -0.05) is 15.9 Å². The fourth-order valence-corrected chi connectivity index (χ4v) is 3.35. The third-order valence-corrected chi connectivity index (χ3v) is 3.94. The van der Waals surface area contributed by atoms with Crippen molar-refractivity contribution in [2.24, 2.45) is 0 Å². The summed E-state index contributed by atoms with van der Waals surface area (Å²) < 4.78 is 12.2. The zero-order valence-electron chi connectivity index (χ0n) is 9.74. The molecule has 0 spiro atoms. The molecule has 0 fully saturated rings. The Labute approximate surface area is 120 Å². The Hall–Kier alpha value is -1.08. The fourth-order valence-electron chi connectivity index (χ4n) is 1.76. The van der Waals surface area contributed by atoms with Gasteiger partial charge in [-0.15, -0.1) is 0 Å². The van der Waals surface area contributed by atoms with Gasteiger partial charge in [0.05, 0.1) is 29.8 Å². The van der Waals surface area contributed by atoms with Crippen LogP contribution in [0.15, 0.2) is 16.7 Å². The van der Waals surface area contributed by atoms with Crippen LogP contribution in [0.5, 0.6) is 5.75 Å². The normalized spacial score (nSPS) is 10.7. The monoisotopic (exact) mass is 376 g/mol. The minimum Gasteiger partial charge on any atom is -0.496 e. The highest BCUT2D eigenvalue weighted by atomic mass is 79.9. The van der Waals surface area contributed by atoms with E-state index in [1.54, 1.807) is 19.4 Å². The van der Waals surface area contributed by atoms with Crippen LogP contribution in [0.3, 0.4) is 0 Å². The summed E-state index contributed by atoms with van der Waals surface area (Å²) >= 11 is 6.83. The van der Waals surface area contributed by atoms with E-state index in [-0.39, 0.29) is 0 Å². The van der Waals surface area contributed by atoms with Crippen LogP contribution in [-0.2, 0) is 10.1 Å². The maximum Gasteiger partial charge on any atom is 0.419 e. The molecule has 96 valence electrons.